The Morgan fingerprint density at radius 2 is 1.86 bits per heavy atom. The molecule has 44 heavy (non-hydrogen) atoms. The molecule has 0 spiro atoms. The molecule has 1 saturated carbocycles. The standard InChI is InChI=1S/C35H33F3N4O2/c1-2-20-5-3-6-21-13-25(43)14-28(29(20)21)26-9-10-27-32(31(26)38)39-34(44-19-35-11-4-12-42(35)18-24(36)15-35)40-33(27)41-16-22-7-8-23(17-41)30(22)37/h1,3,5-6,9-10,13-14,22-24,30,43H,4,7-8,11-12,15-19H2/t22-,23+,24-,30?,35+/m1/s1. The van der Waals surface area contributed by atoms with E-state index in [9.17, 15) is 13.9 Å². The van der Waals surface area contributed by atoms with Gasteiger partial charge in [-0.05, 0) is 67.4 Å². The highest BCUT2D eigenvalue weighted by Gasteiger charge is 2.49. The second kappa shape index (κ2) is 10.3. The Morgan fingerprint density at radius 1 is 1.05 bits per heavy atom. The zero-order valence-electron chi connectivity index (χ0n) is 24.3. The maximum absolute atomic E-state index is 16.8. The van der Waals surface area contributed by atoms with E-state index in [2.05, 4.69) is 15.8 Å². The van der Waals surface area contributed by atoms with Crippen LogP contribution in [0.5, 0.6) is 11.8 Å². The van der Waals surface area contributed by atoms with E-state index >= 15 is 4.39 Å². The number of piperidine rings is 1. The van der Waals surface area contributed by atoms with Gasteiger partial charge in [0.1, 0.15) is 36.0 Å². The molecule has 6 nitrogen and oxygen atoms in total. The number of phenolic OH excluding ortho intramolecular Hbond substituents is 1. The molecule has 8 rings (SSSR count). The summed E-state index contributed by atoms with van der Waals surface area (Å²) in [6.07, 6.45) is 7.88. The number of benzene rings is 3. The fourth-order valence-corrected chi connectivity index (χ4v) is 8.36. The SMILES string of the molecule is C#Cc1cccc2cc(O)cc(-c3ccc4c(N5C[C@H]6CC[C@@H](C5)C6F)nc(OC[C@@]56CCCN5C[C@H](F)C6)nc4c3F)c12. The molecule has 1 aliphatic carbocycles. The van der Waals surface area contributed by atoms with Crippen molar-refractivity contribution in [3.63, 3.8) is 0 Å². The molecule has 3 aliphatic heterocycles. The number of rotatable bonds is 5. The molecule has 3 saturated heterocycles. The van der Waals surface area contributed by atoms with Crippen LogP contribution >= 0.6 is 0 Å². The number of hydrogen-bond donors (Lipinski definition) is 1. The van der Waals surface area contributed by atoms with Crippen LogP contribution in [0, 0.1) is 30.0 Å². The van der Waals surface area contributed by atoms with Gasteiger partial charge in [0, 0.05) is 59.8 Å². The first kappa shape index (κ1) is 27.5. The van der Waals surface area contributed by atoms with Crippen molar-refractivity contribution >= 4 is 27.5 Å². The lowest BCUT2D eigenvalue weighted by Crippen LogP contribution is -2.44. The molecule has 4 heterocycles. The van der Waals surface area contributed by atoms with E-state index in [4.69, 9.17) is 16.1 Å². The Morgan fingerprint density at radius 3 is 2.66 bits per heavy atom. The smallest absolute Gasteiger partial charge is 0.319 e. The predicted octanol–water partition coefficient (Wildman–Crippen LogP) is 6.42. The highest BCUT2D eigenvalue weighted by Crippen LogP contribution is 2.44. The number of fused-ring (bicyclic) bond motifs is 5. The molecule has 9 heteroatoms. The highest BCUT2D eigenvalue weighted by atomic mass is 19.1. The van der Waals surface area contributed by atoms with Gasteiger partial charge in [0.25, 0.3) is 0 Å². The number of ether oxygens (including phenoxy) is 1. The molecule has 226 valence electrons. The monoisotopic (exact) mass is 598 g/mol. The lowest BCUT2D eigenvalue weighted by molar-refractivity contribution is 0.107. The Labute approximate surface area is 253 Å². The van der Waals surface area contributed by atoms with Crippen LogP contribution in [0.2, 0.25) is 0 Å². The number of aromatic nitrogens is 2. The lowest BCUT2D eigenvalue weighted by Gasteiger charge is -2.36. The van der Waals surface area contributed by atoms with Gasteiger partial charge in [-0.25, -0.2) is 13.2 Å². The van der Waals surface area contributed by atoms with E-state index in [1.165, 1.54) is 6.07 Å². The van der Waals surface area contributed by atoms with E-state index < -0.39 is 23.7 Å². The largest absolute Gasteiger partial charge is 0.508 e. The lowest BCUT2D eigenvalue weighted by atomic mass is 9.93. The second-order valence-corrected chi connectivity index (χ2v) is 13.0. The van der Waals surface area contributed by atoms with Crippen molar-refractivity contribution in [3.8, 4) is 35.2 Å². The first-order valence-electron chi connectivity index (χ1n) is 15.5. The van der Waals surface area contributed by atoms with Gasteiger partial charge in [0.2, 0.25) is 0 Å². The highest BCUT2D eigenvalue weighted by molar-refractivity contribution is 6.04. The average molecular weight is 599 g/mol. The van der Waals surface area contributed by atoms with Crippen molar-refractivity contribution in [1.82, 2.24) is 14.9 Å². The number of nitrogens with zero attached hydrogens (tertiary/aromatic N) is 4. The van der Waals surface area contributed by atoms with Crippen LogP contribution in [0.4, 0.5) is 19.0 Å². The molecule has 0 amide bonds. The fraction of sp³-hybridized carbons (Fsp3) is 0.429. The maximum atomic E-state index is 16.8. The average Bonchev–Trinajstić information content (AvgIpc) is 3.59. The summed E-state index contributed by atoms with van der Waals surface area (Å²) >= 11 is 0. The number of alkyl halides is 2. The van der Waals surface area contributed by atoms with E-state index in [-0.39, 0.29) is 41.3 Å². The minimum Gasteiger partial charge on any atom is -0.508 e. The van der Waals surface area contributed by atoms with Crippen LogP contribution in [0.15, 0.2) is 42.5 Å². The van der Waals surface area contributed by atoms with Crippen LogP contribution in [0.3, 0.4) is 0 Å². The summed E-state index contributed by atoms with van der Waals surface area (Å²) in [7, 11) is 0. The van der Waals surface area contributed by atoms with Crippen molar-refractivity contribution in [2.75, 3.05) is 37.7 Å². The van der Waals surface area contributed by atoms with Crippen molar-refractivity contribution in [3.05, 3.63) is 53.8 Å². The molecule has 2 bridgehead atoms. The van der Waals surface area contributed by atoms with Gasteiger partial charge in [-0.2, -0.15) is 9.97 Å². The first-order valence-corrected chi connectivity index (χ1v) is 15.5. The van der Waals surface area contributed by atoms with Gasteiger partial charge in [-0.15, -0.1) is 6.42 Å². The normalized spacial score (nSPS) is 28.1. The zero-order valence-corrected chi connectivity index (χ0v) is 24.3. The van der Waals surface area contributed by atoms with Crippen LogP contribution in [-0.2, 0) is 0 Å². The molecular weight excluding hydrogens is 565 g/mol. The Bertz CT molecular complexity index is 1830. The van der Waals surface area contributed by atoms with Crippen LogP contribution < -0.4 is 9.64 Å². The molecule has 3 aromatic carbocycles. The third kappa shape index (κ3) is 4.29. The Balaban J connectivity index is 1.27. The minimum atomic E-state index is -0.908. The first-order chi connectivity index (χ1) is 21.3. The van der Waals surface area contributed by atoms with Crippen LogP contribution in [0.25, 0.3) is 32.8 Å². The summed E-state index contributed by atoms with van der Waals surface area (Å²) < 4.78 is 52.4. The van der Waals surface area contributed by atoms with Gasteiger partial charge < -0.3 is 14.7 Å². The molecular formula is C35H33F3N4O2. The van der Waals surface area contributed by atoms with Gasteiger partial charge in [0.15, 0.2) is 5.82 Å². The number of phenols is 1. The van der Waals surface area contributed by atoms with Crippen molar-refractivity contribution in [2.24, 2.45) is 11.8 Å². The molecule has 0 radical (unpaired) electrons. The molecule has 1 unspecified atom stereocenters. The number of hydrogen-bond acceptors (Lipinski definition) is 6. The maximum Gasteiger partial charge on any atom is 0.319 e. The number of aromatic hydroxyl groups is 1. The zero-order chi connectivity index (χ0) is 30.2. The quantitative estimate of drug-likeness (QED) is 0.268. The van der Waals surface area contributed by atoms with E-state index in [1.807, 2.05) is 11.0 Å². The topological polar surface area (TPSA) is 61.7 Å². The second-order valence-electron chi connectivity index (χ2n) is 13.0. The minimum absolute atomic E-state index is 0.0127. The third-order valence-electron chi connectivity index (χ3n) is 10.4. The van der Waals surface area contributed by atoms with Crippen LogP contribution in [0.1, 0.15) is 37.7 Å². The number of halogens is 3. The fourth-order valence-electron chi connectivity index (χ4n) is 8.36. The van der Waals surface area contributed by atoms with E-state index in [0.29, 0.717) is 59.2 Å². The molecule has 4 aliphatic rings. The summed E-state index contributed by atoms with van der Waals surface area (Å²) in [5, 5.41) is 12.4. The van der Waals surface area contributed by atoms with E-state index in [0.717, 1.165) is 32.2 Å². The molecule has 5 atom stereocenters. The predicted molar refractivity (Wildman–Crippen MR) is 164 cm³/mol. The third-order valence-corrected chi connectivity index (χ3v) is 10.4. The van der Waals surface area contributed by atoms with Gasteiger partial charge in [-0.1, -0.05) is 24.1 Å². The summed E-state index contributed by atoms with van der Waals surface area (Å²) in [6, 6.07) is 12.0. The van der Waals surface area contributed by atoms with Crippen molar-refractivity contribution < 1.29 is 23.0 Å². The Hall–Kier alpha value is -4.03. The van der Waals surface area contributed by atoms with Crippen molar-refractivity contribution in [1.29, 1.82) is 0 Å². The summed E-state index contributed by atoms with van der Waals surface area (Å²) in [4.78, 5) is 13.6. The summed E-state index contributed by atoms with van der Waals surface area (Å²) in [5.41, 5.74) is 0.915. The molecule has 1 aromatic heterocycles. The Kier molecular flexibility index (Phi) is 6.42. The molecule has 1 N–H and O–H groups in total. The molecule has 4 fully saturated rings. The van der Waals surface area contributed by atoms with Gasteiger partial charge in [-0.3, -0.25) is 4.90 Å². The van der Waals surface area contributed by atoms with E-state index in [1.54, 1.807) is 30.3 Å². The summed E-state index contributed by atoms with van der Waals surface area (Å²) in [6.45, 7) is 2.39. The molecule has 4 aromatic rings. The van der Waals surface area contributed by atoms with Gasteiger partial charge in [0.05, 0.1) is 5.54 Å². The van der Waals surface area contributed by atoms with Crippen LogP contribution in [-0.4, -0.2) is 70.6 Å². The van der Waals surface area contributed by atoms with Gasteiger partial charge >= 0.3 is 6.01 Å². The number of terminal acetylenes is 1. The van der Waals surface area contributed by atoms with Crippen molar-refractivity contribution in [2.45, 2.75) is 50.0 Å². The summed E-state index contributed by atoms with van der Waals surface area (Å²) in [5.74, 6) is 2.39. The number of anilines is 1.